The smallest absolute Gasteiger partial charge is 0.350 e. The molecule has 10 heavy (non-hydrogen) atoms. The summed E-state index contributed by atoms with van der Waals surface area (Å²) in [5.41, 5.74) is -0.0903. The zero-order valence-electron chi connectivity index (χ0n) is 5.07. The number of hydrogen-bond acceptors (Lipinski definition) is 3. The summed E-state index contributed by atoms with van der Waals surface area (Å²) in [4.78, 5) is 24.2. The molecular formula is C6H5NO3. The lowest BCUT2D eigenvalue weighted by molar-refractivity contribution is -0.130. The predicted molar refractivity (Wildman–Crippen MR) is 33.8 cm³/mol. The molecule has 1 heterocycles. The van der Waals surface area contributed by atoms with Crippen LogP contribution in [-0.4, -0.2) is 22.6 Å². The quantitative estimate of drug-likeness (QED) is 0.556. The van der Waals surface area contributed by atoms with E-state index in [2.05, 4.69) is 4.99 Å². The third kappa shape index (κ3) is 1.28. The standard InChI is InChI=1S/C6H5NO3/c8-4-1-2-7-5(3-4)6(9)10/h1-2H,3H2,(H,9,10). The van der Waals surface area contributed by atoms with Crippen molar-refractivity contribution in [1.29, 1.82) is 0 Å². The molecule has 0 aromatic rings. The highest BCUT2D eigenvalue weighted by Crippen LogP contribution is 1.98. The maximum Gasteiger partial charge on any atom is 0.350 e. The van der Waals surface area contributed by atoms with Gasteiger partial charge in [0.05, 0.1) is 6.42 Å². The van der Waals surface area contributed by atoms with Crippen LogP contribution in [0.5, 0.6) is 0 Å². The summed E-state index contributed by atoms with van der Waals surface area (Å²) in [7, 11) is 0. The van der Waals surface area contributed by atoms with Crippen LogP contribution in [0.3, 0.4) is 0 Å². The molecule has 52 valence electrons. The Morgan fingerprint density at radius 3 is 2.80 bits per heavy atom. The van der Waals surface area contributed by atoms with Crippen molar-refractivity contribution < 1.29 is 14.7 Å². The minimum absolute atomic E-state index is 0.0903. The molecule has 0 aliphatic carbocycles. The number of carboxylic acid groups (broad SMARTS) is 1. The van der Waals surface area contributed by atoms with Gasteiger partial charge in [0.1, 0.15) is 5.71 Å². The predicted octanol–water partition coefficient (Wildman–Crippen LogP) is -0.00150. The van der Waals surface area contributed by atoms with Gasteiger partial charge in [-0.1, -0.05) is 0 Å². The molecule has 1 aliphatic rings. The van der Waals surface area contributed by atoms with Crippen LogP contribution >= 0.6 is 0 Å². The van der Waals surface area contributed by atoms with E-state index in [1.165, 1.54) is 12.3 Å². The van der Waals surface area contributed by atoms with E-state index >= 15 is 0 Å². The lowest BCUT2D eigenvalue weighted by Gasteiger charge is -1.99. The van der Waals surface area contributed by atoms with Crippen LogP contribution in [0, 0.1) is 0 Å². The van der Waals surface area contributed by atoms with Gasteiger partial charge in [0.25, 0.3) is 0 Å². The first-order valence-electron chi connectivity index (χ1n) is 2.69. The summed E-state index contributed by atoms with van der Waals surface area (Å²) < 4.78 is 0. The van der Waals surface area contributed by atoms with Crippen molar-refractivity contribution in [3.8, 4) is 0 Å². The van der Waals surface area contributed by atoms with Crippen molar-refractivity contribution in [1.82, 2.24) is 0 Å². The normalized spacial score (nSPS) is 16.8. The Hall–Kier alpha value is -1.45. The van der Waals surface area contributed by atoms with Crippen LogP contribution in [0.25, 0.3) is 0 Å². The summed E-state index contributed by atoms with van der Waals surface area (Å²) >= 11 is 0. The van der Waals surface area contributed by atoms with Crippen molar-refractivity contribution in [3.63, 3.8) is 0 Å². The summed E-state index contributed by atoms with van der Waals surface area (Å²) in [6.07, 6.45) is 2.37. The molecule has 1 rings (SSSR count). The number of hydrogen-bond donors (Lipinski definition) is 1. The van der Waals surface area contributed by atoms with Crippen molar-refractivity contribution in [2.24, 2.45) is 4.99 Å². The van der Waals surface area contributed by atoms with Crippen molar-refractivity contribution >= 4 is 17.5 Å². The number of carbonyl (C=O) groups excluding carboxylic acids is 1. The zero-order chi connectivity index (χ0) is 7.56. The summed E-state index contributed by atoms with van der Waals surface area (Å²) in [6, 6.07) is 0. The summed E-state index contributed by atoms with van der Waals surface area (Å²) in [5, 5.41) is 8.34. The highest BCUT2D eigenvalue weighted by Gasteiger charge is 2.14. The fourth-order valence-corrected chi connectivity index (χ4v) is 0.611. The molecular weight excluding hydrogens is 134 g/mol. The van der Waals surface area contributed by atoms with Gasteiger partial charge in [-0.05, 0) is 6.08 Å². The van der Waals surface area contributed by atoms with E-state index < -0.39 is 5.97 Å². The molecule has 0 radical (unpaired) electrons. The lowest BCUT2D eigenvalue weighted by Crippen LogP contribution is -2.18. The molecule has 0 amide bonds. The highest BCUT2D eigenvalue weighted by atomic mass is 16.4. The number of ketones is 1. The molecule has 1 aliphatic heterocycles. The number of aliphatic imine (C=N–C) groups is 1. The van der Waals surface area contributed by atoms with Gasteiger partial charge in [-0.2, -0.15) is 0 Å². The molecule has 4 heteroatoms. The van der Waals surface area contributed by atoms with Gasteiger partial charge in [-0.15, -0.1) is 0 Å². The molecule has 0 saturated heterocycles. The Bertz CT molecular complexity index is 239. The van der Waals surface area contributed by atoms with E-state index in [-0.39, 0.29) is 17.9 Å². The van der Waals surface area contributed by atoms with Crippen molar-refractivity contribution in [2.45, 2.75) is 6.42 Å². The van der Waals surface area contributed by atoms with Crippen LogP contribution in [0.1, 0.15) is 6.42 Å². The molecule has 0 aromatic heterocycles. The van der Waals surface area contributed by atoms with E-state index in [0.717, 1.165) is 0 Å². The summed E-state index contributed by atoms with van der Waals surface area (Å²) in [5.74, 6) is -1.34. The van der Waals surface area contributed by atoms with E-state index in [1.54, 1.807) is 0 Å². The maximum atomic E-state index is 10.5. The molecule has 0 atom stereocenters. The van der Waals surface area contributed by atoms with E-state index in [4.69, 9.17) is 5.11 Å². The Balaban J connectivity index is 2.80. The van der Waals surface area contributed by atoms with Gasteiger partial charge in [0.15, 0.2) is 5.78 Å². The van der Waals surface area contributed by atoms with Gasteiger partial charge in [0.2, 0.25) is 0 Å². The Morgan fingerprint density at radius 2 is 2.40 bits per heavy atom. The van der Waals surface area contributed by atoms with E-state index in [0.29, 0.717) is 0 Å². The van der Waals surface area contributed by atoms with Gasteiger partial charge in [-0.3, -0.25) is 9.79 Å². The van der Waals surface area contributed by atoms with E-state index in [1.807, 2.05) is 0 Å². The minimum atomic E-state index is -1.13. The van der Waals surface area contributed by atoms with Crippen LogP contribution < -0.4 is 0 Å². The van der Waals surface area contributed by atoms with Crippen LogP contribution in [-0.2, 0) is 9.59 Å². The van der Waals surface area contributed by atoms with Crippen molar-refractivity contribution in [3.05, 3.63) is 12.3 Å². The fraction of sp³-hybridized carbons (Fsp3) is 0.167. The average molecular weight is 139 g/mol. The number of allylic oxidation sites excluding steroid dienone is 1. The van der Waals surface area contributed by atoms with Gasteiger partial charge in [0, 0.05) is 6.20 Å². The summed E-state index contributed by atoms with van der Waals surface area (Å²) in [6.45, 7) is 0. The molecule has 0 bridgehead atoms. The third-order valence-electron chi connectivity index (χ3n) is 1.08. The molecule has 0 unspecified atom stereocenters. The van der Waals surface area contributed by atoms with Gasteiger partial charge < -0.3 is 5.11 Å². The molecule has 4 nitrogen and oxygen atoms in total. The molecule has 0 aromatic carbocycles. The number of aliphatic carboxylic acids is 1. The number of carbonyl (C=O) groups is 2. The van der Waals surface area contributed by atoms with Crippen LogP contribution in [0.2, 0.25) is 0 Å². The Labute approximate surface area is 56.9 Å². The topological polar surface area (TPSA) is 66.7 Å². The van der Waals surface area contributed by atoms with Crippen LogP contribution in [0.15, 0.2) is 17.3 Å². The first-order valence-corrected chi connectivity index (χ1v) is 2.69. The largest absolute Gasteiger partial charge is 0.477 e. The Kier molecular flexibility index (Phi) is 1.62. The second-order valence-electron chi connectivity index (χ2n) is 1.84. The number of nitrogens with zero attached hydrogens (tertiary/aromatic N) is 1. The number of carboxylic acids is 1. The van der Waals surface area contributed by atoms with E-state index in [9.17, 15) is 9.59 Å². The third-order valence-corrected chi connectivity index (χ3v) is 1.08. The zero-order valence-corrected chi connectivity index (χ0v) is 5.07. The molecule has 0 saturated carbocycles. The first-order chi connectivity index (χ1) is 4.70. The molecule has 0 spiro atoms. The second-order valence-corrected chi connectivity index (χ2v) is 1.84. The fourth-order valence-electron chi connectivity index (χ4n) is 0.611. The van der Waals surface area contributed by atoms with Crippen LogP contribution in [0.4, 0.5) is 0 Å². The molecule has 1 N–H and O–H groups in total. The monoisotopic (exact) mass is 139 g/mol. The lowest BCUT2D eigenvalue weighted by atomic mass is 10.1. The van der Waals surface area contributed by atoms with Gasteiger partial charge >= 0.3 is 5.97 Å². The Morgan fingerprint density at radius 1 is 1.70 bits per heavy atom. The highest BCUT2D eigenvalue weighted by molar-refractivity contribution is 6.40. The van der Waals surface area contributed by atoms with Crippen molar-refractivity contribution in [2.75, 3.05) is 0 Å². The first kappa shape index (κ1) is 6.67. The minimum Gasteiger partial charge on any atom is -0.477 e. The average Bonchev–Trinajstić information content (AvgIpc) is 1.88. The maximum absolute atomic E-state index is 10.5. The number of rotatable bonds is 1. The van der Waals surface area contributed by atoms with Gasteiger partial charge in [-0.25, -0.2) is 4.79 Å². The SMILES string of the molecule is O=C1C=CN=C(C(=O)O)C1. The molecule has 0 fully saturated rings. The second kappa shape index (κ2) is 2.43.